The lowest BCUT2D eigenvalue weighted by molar-refractivity contribution is 0.0876. The molecule has 1 aliphatic carbocycles. The Morgan fingerprint density at radius 3 is 2.85 bits per heavy atom. The molecule has 0 amide bonds. The SMILES string of the molecule is CCNC1(C#N)CCCC(N2CCCN(C)CC2C)C1. The van der Waals surface area contributed by atoms with Gasteiger partial charge in [0.05, 0.1) is 6.07 Å². The molecule has 0 aromatic heterocycles. The van der Waals surface area contributed by atoms with Crippen molar-refractivity contribution in [3.63, 3.8) is 0 Å². The summed E-state index contributed by atoms with van der Waals surface area (Å²) in [6.07, 6.45) is 5.67. The lowest BCUT2D eigenvalue weighted by atomic mass is 9.79. The molecular formula is C16H30N4. The molecular weight excluding hydrogens is 248 g/mol. The van der Waals surface area contributed by atoms with Gasteiger partial charge in [-0.25, -0.2) is 0 Å². The molecule has 1 heterocycles. The lowest BCUT2D eigenvalue weighted by Crippen LogP contribution is -2.55. The van der Waals surface area contributed by atoms with Gasteiger partial charge in [0.2, 0.25) is 0 Å². The highest BCUT2D eigenvalue weighted by molar-refractivity contribution is 5.11. The lowest BCUT2D eigenvalue weighted by Gasteiger charge is -2.43. The van der Waals surface area contributed by atoms with Crippen LogP contribution < -0.4 is 5.32 Å². The normalized spacial score (nSPS) is 37.3. The first-order valence-electron chi connectivity index (χ1n) is 8.21. The van der Waals surface area contributed by atoms with Crippen LogP contribution in [0.5, 0.6) is 0 Å². The van der Waals surface area contributed by atoms with Gasteiger partial charge in [-0.05, 0) is 65.7 Å². The molecule has 114 valence electrons. The van der Waals surface area contributed by atoms with Gasteiger partial charge in [-0.2, -0.15) is 5.26 Å². The maximum absolute atomic E-state index is 9.61. The fourth-order valence-electron chi connectivity index (χ4n) is 4.10. The second kappa shape index (κ2) is 6.89. The fourth-order valence-corrected chi connectivity index (χ4v) is 4.10. The molecule has 20 heavy (non-hydrogen) atoms. The van der Waals surface area contributed by atoms with E-state index in [4.69, 9.17) is 0 Å². The van der Waals surface area contributed by atoms with E-state index >= 15 is 0 Å². The monoisotopic (exact) mass is 278 g/mol. The second-order valence-electron chi connectivity index (χ2n) is 6.68. The molecule has 0 radical (unpaired) electrons. The van der Waals surface area contributed by atoms with Gasteiger partial charge >= 0.3 is 0 Å². The van der Waals surface area contributed by atoms with Crippen LogP contribution >= 0.6 is 0 Å². The molecule has 1 saturated carbocycles. The molecule has 0 bridgehead atoms. The third-order valence-electron chi connectivity index (χ3n) is 5.02. The van der Waals surface area contributed by atoms with Gasteiger partial charge in [0.1, 0.15) is 5.54 Å². The zero-order valence-electron chi connectivity index (χ0n) is 13.4. The Balaban J connectivity index is 2.06. The number of nitrogens with zero attached hydrogens (tertiary/aromatic N) is 3. The Morgan fingerprint density at radius 1 is 1.35 bits per heavy atom. The smallest absolute Gasteiger partial charge is 0.108 e. The van der Waals surface area contributed by atoms with Crippen molar-refractivity contribution in [3.8, 4) is 6.07 Å². The number of rotatable bonds is 3. The highest BCUT2D eigenvalue weighted by atomic mass is 15.3. The Kier molecular flexibility index (Phi) is 5.42. The topological polar surface area (TPSA) is 42.3 Å². The summed E-state index contributed by atoms with van der Waals surface area (Å²) in [7, 11) is 2.22. The predicted molar refractivity (Wildman–Crippen MR) is 82.6 cm³/mol. The van der Waals surface area contributed by atoms with Crippen LogP contribution in [0.25, 0.3) is 0 Å². The molecule has 1 aliphatic heterocycles. The van der Waals surface area contributed by atoms with Crippen molar-refractivity contribution < 1.29 is 0 Å². The minimum Gasteiger partial charge on any atom is -0.305 e. The Morgan fingerprint density at radius 2 is 2.15 bits per heavy atom. The van der Waals surface area contributed by atoms with Crippen molar-refractivity contribution in [1.82, 2.24) is 15.1 Å². The van der Waals surface area contributed by atoms with Crippen molar-refractivity contribution in [2.75, 3.05) is 33.2 Å². The average Bonchev–Trinajstić information content (AvgIpc) is 2.60. The number of nitriles is 1. The summed E-state index contributed by atoms with van der Waals surface area (Å²) in [6.45, 7) is 8.87. The van der Waals surface area contributed by atoms with Gasteiger partial charge in [-0.1, -0.05) is 6.92 Å². The first-order chi connectivity index (χ1) is 9.60. The summed E-state index contributed by atoms with van der Waals surface area (Å²) in [5.41, 5.74) is -0.282. The van der Waals surface area contributed by atoms with Crippen LogP contribution in [-0.2, 0) is 0 Å². The van der Waals surface area contributed by atoms with Crippen LogP contribution in [0.3, 0.4) is 0 Å². The number of nitrogens with one attached hydrogen (secondary N) is 1. The van der Waals surface area contributed by atoms with E-state index < -0.39 is 0 Å². The third kappa shape index (κ3) is 3.52. The van der Waals surface area contributed by atoms with Crippen LogP contribution in [0.1, 0.15) is 46.0 Å². The van der Waals surface area contributed by atoms with Gasteiger partial charge in [0.25, 0.3) is 0 Å². The summed E-state index contributed by atoms with van der Waals surface area (Å²) in [5.74, 6) is 0. The van der Waals surface area contributed by atoms with E-state index in [1.807, 2.05) is 0 Å². The van der Waals surface area contributed by atoms with Crippen molar-refractivity contribution in [3.05, 3.63) is 0 Å². The molecule has 0 aromatic carbocycles. The first kappa shape index (κ1) is 15.8. The molecule has 4 heteroatoms. The van der Waals surface area contributed by atoms with Crippen LogP contribution in [-0.4, -0.2) is 60.6 Å². The second-order valence-corrected chi connectivity index (χ2v) is 6.68. The molecule has 4 nitrogen and oxygen atoms in total. The predicted octanol–water partition coefficient (Wildman–Crippen LogP) is 1.83. The van der Waals surface area contributed by atoms with Crippen molar-refractivity contribution in [2.45, 2.75) is 63.6 Å². The summed E-state index contributed by atoms with van der Waals surface area (Å²) < 4.78 is 0. The van der Waals surface area contributed by atoms with E-state index in [0.29, 0.717) is 12.1 Å². The van der Waals surface area contributed by atoms with Crippen LogP contribution in [0.2, 0.25) is 0 Å². The quantitative estimate of drug-likeness (QED) is 0.855. The molecule has 1 saturated heterocycles. The van der Waals surface area contributed by atoms with E-state index in [2.05, 4.69) is 42.1 Å². The van der Waals surface area contributed by atoms with Crippen LogP contribution in [0, 0.1) is 11.3 Å². The maximum Gasteiger partial charge on any atom is 0.108 e. The zero-order chi connectivity index (χ0) is 14.6. The van der Waals surface area contributed by atoms with Gasteiger partial charge < -0.3 is 4.90 Å². The Hall–Kier alpha value is -0.630. The minimum atomic E-state index is -0.282. The summed E-state index contributed by atoms with van der Waals surface area (Å²) in [4.78, 5) is 5.11. The van der Waals surface area contributed by atoms with Crippen LogP contribution in [0.15, 0.2) is 0 Å². The largest absolute Gasteiger partial charge is 0.305 e. The van der Waals surface area contributed by atoms with Crippen LogP contribution in [0.4, 0.5) is 0 Å². The molecule has 2 rings (SSSR count). The number of hydrogen-bond acceptors (Lipinski definition) is 4. The molecule has 3 unspecified atom stereocenters. The minimum absolute atomic E-state index is 0.282. The molecule has 2 fully saturated rings. The van der Waals surface area contributed by atoms with Gasteiger partial charge in [0, 0.05) is 18.6 Å². The van der Waals surface area contributed by atoms with E-state index in [9.17, 15) is 5.26 Å². The highest BCUT2D eigenvalue weighted by Crippen LogP contribution is 2.32. The zero-order valence-corrected chi connectivity index (χ0v) is 13.4. The summed E-state index contributed by atoms with van der Waals surface area (Å²) in [5, 5.41) is 13.1. The van der Waals surface area contributed by atoms with Gasteiger partial charge in [-0.3, -0.25) is 10.2 Å². The molecule has 1 N–H and O–H groups in total. The number of likely N-dealkylation sites (N-methyl/N-ethyl adjacent to an activating group) is 1. The van der Waals surface area contributed by atoms with E-state index in [-0.39, 0.29) is 5.54 Å². The molecule has 0 aromatic rings. The fraction of sp³-hybridized carbons (Fsp3) is 0.938. The standard InChI is InChI=1S/C16H30N4/c1-4-18-16(13-17)8-5-7-15(11-16)20-10-6-9-19(3)12-14(20)2/h14-15,18H,4-12H2,1-3H3. The Bertz CT molecular complexity index is 347. The van der Waals surface area contributed by atoms with Crippen molar-refractivity contribution in [2.24, 2.45) is 0 Å². The van der Waals surface area contributed by atoms with Gasteiger partial charge in [-0.15, -0.1) is 0 Å². The van der Waals surface area contributed by atoms with Crippen molar-refractivity contribution >= 4 is 0 Å². The summed E-state index contributed by atoms with van der Waals surface area (Å²) in [6, 6.07) is 3.75. The molecule has 3 atom stereocenters. The number of hydrogen-bond donors (Lipinski definition) is 1. The molecule has 2 aliphatic rings. The molecule has 0 spiro atoms. The van der Waals surface area contributed by atoms with E-state index in [1.54, 1.807) is 0 Å². The maximum atomic E-state index is 9.61. The average molecular weight is 278 g/mol. The third-order valence-corrected chi connectivity index (χ3v) is 5.02. The first-order valence-corrected chi connectivity index (χ1v) is 8.21. The highest BCUT2D eigenvalue weighted by Gasteiger charge is 2.39. The van der Waals surface area contributed by atoms with Crippen molar-refractivity contribution in [1.29, 1.82) is 5.26 Å². The van der Waals surface area contributed by atoms with Gasteiger partial charge in [0.15, 0.2) is 0 Å². The van der Waals surface area contributed by atoms with E-state index in [1.165, 1.54) is 32.4 Å². The van der Waals surface area contributed by atoms with E-state index in [0.717, 1.165) is 25.9 Å². The summed E-state index contributed by atoms with van der Waals surface area (Å²) >= 11 is 0. The Labute approximate surface area is 124 Å².